The largest absolute Gasteiger partial charge is 0.465 e. The zero-order valence-electron chi connectivity index (χ0n) is 12.3. The number of benzene rings is 1. The Kier molecular flexibility index (Phi) is 4.08. The van der Waals surface area contributed by atoms with Crippen molar-refractivity contribution in [2.24, 2.45) is 5.73 Å². The summed E-state index contributed by atoms with van der Waals surface area (Å²) in [6.45, 7) is 4.07. The van der Waals surface area contributed by atoms with Gasteiger partial charge in [-0.25, -0.2) is 0 Å². The van der Waals surface area contributed by atoms with Gasteiger partial charge in [-0.05, 0) is 37.6 Å². The van der Waals surface area contributed by atoms with Crippen molar-refractivity contribution in [1.82, 2.24) is 4.98 Å². The number of nitrogens with one attached hydrogen (secondary N) is 1. The zero-order valence-corrected chi connectivity index (χ0v) is 13.1. The smallest absolute Gasteiger partial charge is 0.119 e. The maximum Gasteiger partial charge on any atom is 0.119 e. The van der Waals surface area contributed by atoms with Crippen LogP contribution in [0.15, 0.2) is 51.9 Å². The molecule has 1 aromatic carbocycles. The van der Waals surface area contributed by atoms with Gasteiger partial charge in [0.25, 0.3) is 0 Å². The lowest BCUT2D eigenvalue weighted by Crippen LogP contribution is -2.25. The highest BCUT2D eigenvalue weighted by Gasteiger charge is 2.23. The Morgan fingerprint density at radius 3 is 2.71 bits per heavy atom. The van der Waals surface area contributed by atoms with Gasteiger partial charge in [0.05, 0.1) is 10.3 Å². The van der Waals surface area contributed by atoms with Crippen molar-refractivity contribution in [3.63, 3.8) is 0 Å². The maximum atomic E-state index is 6.31. The standard InChI is InChI=1S/C17H20N2OS/c1-3-13(18)17(15-9-8-11(2)20-15)21-16-10-12-6-4-5-7-14(12)19-16/h4-10,13,17,19H,3,18H2,1-2H3. The molecule has 0 aliphatic heterocycles. The fourth-order valence-electron chi connectivity index (χ4n) is 2.42. The molecule has 3 N–H and O–H groups in total. The first-order valence-electron chi connectivity index (χ1n) is 7.23. The highest BCUT2D eigenvalue weighted by Crippen LogP contribution is 2.39. The summed E-state index contributed by atoms with van der Waals surface area (Å²) < 4.78 is 5.80. The minimum Gasteiger partial charge on any atom is -0.465 e. The van der Waals surface area contributed by atoms with E-state index in [2.05, 4.69) is 36.2 Å². The van der Waals surface area contributed by atoms with Crippen molar-refractivity contribution in [1.29, 1.82) is 0 Å². The van der Waals surface area contributed by atoms with E-state index in [1.807, 2.05) is 25.1 Å². The molecule has 2 aromatic heterocycles. The summed E-state index contributed by atoms with van der Waals surface area (Å²) >= 11 is 1.74. The van der Waals surface area contributed by atoms with E-state index >= 15 is 0 Å². The molecule has 2 atom stereocenters. The molecule has 0 fully saturated rings. The number of para-hydroxylation sites is 1. The first-order valence-corrected chi connectivity index (χ1v) is 8.11. The van der Waals surface area contributed by atoms with E-state index < -0.39 is 0 Å². The summed E-state index contributed by atoms with van der Waals surface area (Å²) in [5.41, 5.74) is 7.46. The van der Waals surface area contributed by atoms with Gasteiger partial charge in [0.15, 0.2) is 0 Å². The third kappa shape index (κ3) is 3.01. The van der Waals surface area contributed by atoms with Crippen molar-refractivity contribution in [3.05, 3.63) is 54.0 Å². The Balaban J connectivity index is 1.90. The summed E-state index contributed by atoms with van der Waals surface area (Å²) in [5, 5.41) is 2.47. The topological polar surface area (TPSA) is 55.0 Å². The van der Waals surface area contributed by atoms with E-state index in [0.29, 0.717) is 0 Å². The zero-order chi connectivity index (χ0) is 14.8. The van der Waals surface area contributed by atoms with Crippen LogP contribution in [0.4, 0.5) is 0 Å². The SMILES string of the molecule is CCC(N)C(Sc1cc2ccccc2[nH]1)c1ccc(C)o1. The second-order valence-corrected chi connectivity index (χ2v) is 6.46. The number of hydrogen-bond donors (Lipinski definition) is 2. The van der Waals surface area contributed by atoms with Gasteiger partial charge < -0.3 is 15.1 Å². The molecule has 3 aromatic rings. The molecule has 0 amide bonds. The van der Waals surface area contributed by atoms with Gasteiger partial charge in [-0.2, -0.15) is 0 Å². The van der Waals surface area contributed by atoms with Crippen molar-refractivity contribution in [3.8, 4) is 0 Å². The Hall–Kier alpha value is -1.65. The molecule has 0 saturated carbocycles. The normalized spacial score (nSPS) is 14.4. The molecule has 21 heavy (non-hydrogen) atoms. The van der Waals surface area contributed by atoms with Gasteiger partial charge in [0.2, 0.25) is 0 Å². The number of aromatic nitrogens is 1. The van der Waals surface area contributed by atoms with Crippen LogP contribution < -0.4 is 5.73 Å². The Morgan fingerprint density at radius 1 is 1.24 bits per heavy atom. The number of aromatic amines is 1. The van der Waals surface area contributed by atoms with Gasteiger partial charge in [-0.15, -0.1) is 0 Å². The van der Waals surface area contributed by atoms with Crippen LogP contribution in [0.3, 0.4) is 0 Å². The van der Waals surface area contributed by atoms with E-state index in [1.54, 1.807) is 11.8 Å². The number of hydrogen-bond acceptors (Lipinski definition) is 3. The molecular weight excluding hydrogens is 280 g/mol. The quantitative estimate of drug-likeness (QED) is 0.675. The lowest BCUT2D eigenvalue weighted by molar-refractivity contribution is 0.454. The molecule has 110 valence electrons. The Morgan fingerprint density at radius 2 is 2.05 bits per heavy atom. The molecule has 2 unspecified atom stereocenters. The third-order valence-electron chi connectivity index (χ3n) is 3.66. The molecule has 0 spiro atoms. The van der Waals surface area contributed by atoms with Crippen molar-refractivity contribution >= 4 is 22.7 Å². The minimum atomic E-state index is 0.0620. The van der Waals surface area contributed by atoms with Crippen LogP contribution in [-0.2, 0) is 0 Å². The number of rotatable bonds is 5. The van der Waals surface area contributed by atoms with E-state index in [4.69, 9.17) is 10.2 Å². The maximum absolute atomic E-state index is 6.31. The Bertz CT molecular complexity index is 698. The van der Waals surface area contributed by atoms with E-state index in [9.17, 15) is 0 Å². The summed E-state index contributed by atoms with van der Waals surface area (Å²) in [4.78, 5) is 3.45. The average Bonchev–Trinajstić information content (AvgIpc) is 3.09. The van der Waals surface area contributed by atoms with Crippen LogP contribution in [0.5, 0.6) is 0 Å². The van der Waals surface area contributed by atoms with Gasteiger partial charge in [0, 0.05) is 16.9 Å². The molecule has 2 heterocycles. The fourth-order valence-corrected chi connectivity index (χ4v) is 3.67. The first kappa shape index (κ1) is 14.3. The Labute approximate surface area is 128 Å². The molecule has 0 radical (unpaired) electrons. The van der Waals surface area contributed by atoms with Gasteiger partial charge >= 0.3 is 0 Å². The predicted molar refractivity (Wildman–Crippen MR) is 88.6 cm³/mol. The molecule has 0 bridgehead atoms. The summed E-state index contributed by atoms with van der Waals surface area (Å²) in [6, 6.07) is 14.6. The molecule has 3 rings (SSSR count). The minimum absolute atomic E-state index is 0.0620. The summed E-state index contributed by atoms with van der Waals surface area (Å²) in [7, 11) is 0. The van der Waals surface area contributed by atoms with Crippen molar-refractivity contribution in [2.45, 2.75) is 36.6 Å². The van der Waals surface area contributed by atoms with E-state index in [-0.39, 0.29) is 11.3 Å². The molecule has 0 aliphatic rings. The highest BCUT2D eigenvalue weighted by atomic mass is 32.2. The lowest BCUT2D eigenvalue weighted by Gasteiger charge is -2.19. The van der Waals surface area contributed by atoms with Crippen molar-refractivity contribution in [2.75, 3.05) is 0 Å². The molecule has 0 saturated heterocycles. The third-order valence-corrected chi connectivity index (χ3v) is 4.97. The summed E-state index contributed by atoms with van der Waals surface area (Å²) in [5.74, 6) is 1.88. The van der Waals surface area contributed by atoms with Crippen LogP contribution in [0.25, 0.3) is 10.9 Å². The molecular formula is C17H20N2OS. The lowest BCUT2D eigenvalue weighted by atomic mass is 10.1. The van der Waals surface area contributed by atoms with Gasteiger partial charge in [-0.3, -0.25) is 0 Å². The number of furan rings is 1. The number of H-pyrrole nitrogens is 1. The summed E-state index contributed by atoms with van der Waals surface area (Å²) in [6.07, 6.45) is 0.914. The number of fused-ring (bicyclic) bond motifs is 1. The highest BCUT2D eigenvalue weighted by molar-refractivity contribution is 7.99. The monoisotopic (exact) mass is 300 g/mol. The van der Waals surface area contributed by atoms with Gasteiger partial charge in [-0.1, -0.05) is 36.9 Å². The van der Waals surface area contributed by atoms with Crippen LogP contribution in [-0.4, -0.2) is 11.0 Å². The molecule has 3 nitrogen and oxygen atoms in total. The van der Waals surface area contributed by atoms with Gasteiger partial charge in [0.1, 0.15) is 11.5 Å². The van der Waals surface area contributed by atoms with Crippen LogP contribution in [0, 0.1) is 6.92 Å². The number of aryl methyl sites for hydroxylation is 1. The first-order chi connectivity index (χ1) is 10.2. The number of thioether (sulfide) groups is 1. The van der Waals surface area contributed by atoms with Crippen LogP contribution >= 0.6 is 11.8 Å². The van der Waals surface area contributed by atoms with E-state index in [1.165, 1.54) is 5.39 Å². The van der Waals surface area contributed by atoms with Crippen molar-refractivity contribution < 1.29 is 4.42 Å². The van der Waals surface area contributed by atoms with Crippen LogP contribution in [0.1, 0.15) is 30.1 Å². The average molecular weight is 300 g/mol. The predicted octanol–water partition coefficient (Wildman–Crippen LogP) is 4.64. The molecule has 4 heteroatoms. The second-order valence-electron chi connectivity index (χ2n) is 5.28. The van der Waals surface area contributed by atoms with Crippen LogP contribution in [0.2, 0.25) is 0 Å². The fraction of sp³-hybridized carbons (Fsp3) is 0.294. The van der Waals surface area contributed by atoms with E-state index in [0.717, 1.165) is 28.5 Å². The second kappa shape index (κ2) is 6.00. The number of nitrogens with two attached hydrogens (primary N) is 1. The molecule has 0 aliphatic carbocycles.